The second-order valence-electron chi connectivity index (χ2n) is 5.53. The van der Waals surface area contributed by atoms with E-state index in [1.807, 2.05) is 0 Å². The van der Waals surface area contributed by atoms with Crippen molar-refractivity contribution in [1.29, 1.82) is 0 Å². The van der Waals surface area contributed by atoms with E-state index >= 15 is 0 Å². The van der Waals surface area contributed by atoms with Crippen molar-refractivity contribution < 1.29 is 0 Å². The third-order valence-electron chi connectivity index (χ3n) is 2.86. The first-order chi connectivity index (χ1) is 6.58. The molecule has 2 nitrogen and oxygen atoms in total. The minimum Gasteiger partial charge on any atom is -0.315 e. The second-order valence-corrected chi connectivity index (χ2v) is 5.53. The maximum atomic E-state index is 3.54. The lowest BCUT2D eigenvalue weighted by atomic mass is 10.1. The average molecular weight is 198 g/mol. The van der Waals surface area contributed by atoms with Gasteiger partial charge in [-0.05, 0) is 46.1 Å². The smallest absolute Gasteiger partial charge is 0.00970 e. The third-order valence-corrected chi connectivity index (χ3v) is 2.86. The Morgan fingerprint density at radius 3 is 2.29 bits per heavy atom. The second kappa shape index (κ2) is 5.72. The van der Waals surface area contributed by atoms with Gasteiger partial charge in [0.1, 0.15) is 0 Å². The number of rotatable bonds is 5. The first kappa shape index (κ1) is 12.0. The fraction of sp³-hybridized carbons (Fsp3) is 1.00. The summed E-state index contributed by atoms with van der Waals surface area (Å²) in [5, 5.41) is 7.02. The molecular weight excluding hydrogens is 172 g/mol. The summed E-state index contributed by atoms with van der Waals surface area (Å²) in [4.78, 5) is 0. The summed E-state index contributed by atoms with van der Waals surface area (Å²) in [7, 11) is 0. The lowest BCUT2D eigenvalue weighted by molar-refractivity contribution is 0.411. The molecule has 1 saturated carbocycles. The van der Waals surface area contributed by atoms with Crippen molar-refractivity contribution in [3.05, 3.63) is 0 Å². The molecule has 0 saturated heterocycles. The highest BCUT2D eigenvalue weighted by Crippen LogP contribution is 2.23. The van der Waals surface area contributed by atoms with Crippen LogP contribution in [0.3, 0.4) is 0 Å². The van der Waals surface area contributed by atoms with Crippen molar-refractivity contribution >= 4 is 0 Å². The molecule has 1 aliphatic carbocycles. The van der Waals surface area contributed by atoms with Gasteiger partial charge in [0.2, 0.25) is 0 Å². The number of hydrogen-bond acceptors (Lipinski definition) is 2. The SMILES string of the molecule is CC(C)(C)NCCNCC1CCCC1. The Morgan fingerprint density at radius 1 is 1.07 bits per heavy atom. The van der Waals surface area contributed by atoms with Crippen LogP contribution < -0.4 is 10.6 Å². The van der Waals surface area contributed by atoms with Crippen LogP contribution in [0.2, 0.25) is 0 Å². The van der Waals surface area contributed by atoms with Crippen molar-refractivity contribution in [3.63, 3.8) is 0 Å². The van der Waals surface area contributed by atoms with Crippen molar-refractivity contribution in [2.75, 3.05) is 19.6 Å². The van der Waals surface area contributed by atoms with E-state index in [1.165, 1.54) is 32.2 Å². The zero-order valence-electron chi connectivity index (χ0n) is 10.0. The van der Waals surface area contributed by atoms with Gasteiger partial charge >= 0.3 is 0 Å². The van der Waals surface area contributed by atoms with Crippen molar-refractivity contribution in [3.8, 4) is 0 Å². The zero-order valence-corrected chi connectivity index (χ0v) is 10.0. The van der Waals surface area contributed by atoms with E-state index in [4.69, 9.17) is 0 Å². The summed E-state index contributed by atoms with van der Waals surface area (Å²) in [6.45, 7) is 10.0. The van der Waals surface area contributed by atoms with Gasteiger partial charge in [-0.3, -0.25) is 0 Å². The largest absolute Gasteiger partial charge is 0.315 e. The standard InChI is InChI=1S/C12H26N2/c1-12(2,3)14-9-8-13-10-11-6-4-5-7-11/h11,13-14H,4-10H2,1-3H3. The van der Waals surface area contributed by atoms with Gasteiger partial charge < -0.3 is 10.6 Å². The maximum Gasteiger partial charge on any atom is 0.00970 e. The van der Waals surface area contributed by atoms with Gasteiger partial charge in [-0.15, -0.1) is 0 Å². The Labute approximate surface area is 88.8 Å². The molecule has 2 N–H and O–H groups in total. The highest BCUT2D eigenvalue weighted by molar-refractivity contribution is 4.72. The van der Waals surface area contributed by atoms with E-state index in [0.717, 1.165) is 19.0 Å². The fourth-order valence-electron chi connectivity index (χ4n) is 2.05. The van der Waals surface area contributed by atoms with E-state index in [2.05, 4.69) is 31.4 Å². The first-order valence-electron chi connectivity index (χ1n) is 6.04. The topological polar surface area (TPSA) is 24.1 Å². The van der Waals surface area contributed by atoms with Crippen LogP contribution in [0.1, 0.15) is 46.5 Å². The molecule has 1 aliphatic rings. The van der Waals surface area contributed by atoms with Crippen LogP contribution in [0.15, 0.2) is 0 Å². The molecule has 0 aromatic carbocycles. The molecule has 0 aliphatic heterocycles. The number of hydrogen-bond donors (Lipinski definition) is 2. The zero-order chi connectivity index (χ0) is 10.4. The Kier molecular flexibility index (Phi) is 4.90. The van der Waals surface area contributed by atoms with Gasteiger partial charge in [0.25, 0.3) is 0 Å². The van der Waals surface area contributed by atoms with Crippen molar-refractivity contribution in [1.82, 2.24) is 10.6 Å². The highest BCUT2D eigenvalue weighted by atomic mass is 15.0. The molecule has 0 heterocycles. The fourth-order valence-corrected chi connectivity index (χ4v) is 2.05. The van der Waals surface area contributed by atoms with E-state index in [0.29, 0.717) is 0 Å². The van der Waals surface area contributed by atoms with Crippen LogP contribution in [0.5, 0.6) is 0 Å². The summed E-state index contributed by atoms with van der Waals surface area (Å²) < 4.78 is 0. The van der Waals surface area contributed by atoms with Crippen molar-refractivity contribution in [2.45, 2.75) is 52.0 Å². The molecule has 1 rings (SSSR count). The van der Waals surface area contributed by atoms with Crippen molar-refractivity contribution in [2.24, 2.45) is 5.92 Å². The third kappa shape index (κ3) is 5.61. The molecule has 14 heavy (non-hydrogen) atoms. The van der Waals surface area contributed by atoms with E-state index in [9.17, 15) is 0 Å². The van der Waals surface area contributed by atoms with Crippen LogP contribution >= 0.6 is 0 Å². The minimum atomic E-state index is 0.259. The van der Waals surface area contributed by atoms with Gasteiger partial charge in [0.15, 0.2) is 0 Å². The average Bonchev–Trinajstić information content (AvgIpc) is 2.54. The molecule has 0 radical (unpaired) electrons. The minimum absolute atomic E-state index is 0.259. The molecule has 0 aromatic heterocycles. The lowest BCUT2D eigenvalue weighted by Gasteiger charge is -2.21. The molecule has 0 aromatic rings. The lowest BCUT2D eigenvalue weighted by Crippen LogP contribution is -2.40. The van der Waals surface area contributed by atoms with Gasteiger partial charge in [0, 0.05) is 18.6 Å². The van der Waals surface area contributed by atoms with Crippen LogP contribution in [-0.4, -0.2) is 25.2 Å². The van der Waals surface area contributed by atoms with E-state index in [-0.39, 0.29) is 5.54 Å². The normalized spacial score (nSPS) is 19.1. The molecule has 0 bridgehead atoms. The summed E-state index contributed by atoms with van der Waals surface area (Å²) in [6, 6.07) is 0. The Morgan fingerprint density at radius 2 is 1.71 bits per heavy atom. The summed E-state index contributed by atoms with van der Waals surface area (Å²) in [5.41, 5.74) is 0.259. The van der Waals surface area contributed by atoms with Gasteiger partial charge in [-0.1, -0.05) is 12.8 Å². The van der Waals surface area contributed by atoms with Gasteiger partial charge in [0.05, 0.1) is 0 Å². The maximum absolute atomic E-state index is 3.54. The molecule has 0 amide bonds. The first-order valence-corrected chi connectivity index (χ1v) is 6.04. The van der Waals surface area contributed by atoms with Crippen LogP contribution in [0.25, 0.3) is 0 Å². The van der Waals surface area contributed by atoms with E-state index in [1.54, 1.807) is 0 Å². The highest BCUT2D eigenvalue weighted by Gasteiger charge is 2.14. The molecule has 0 spiro atoms. The van der Waals surface area contributed by atoms with Crippen LogP contribution in [-0.2, 0) is 0 Å². The quantitative estimate of drug-likeness (QED) is 0.662. The Hall–Kier alpha value is -0.0800. The number of nitrogens with one attached hydrogen (secondary N) is 2. The summed E-state index contributed by atoms with van der Waals surface area (Å²) >= 11 is 0. The summed E-state index contributed by atoms with van der Waals surface area (Å²) in [6.07, 6.45) is 5.79. The van der Waals surface area contributed by atoms with E-state index < -0.39 is 0 Å². The predicted molar refractivity (Wildman–Crippen MR) is 62.6 cm³/mol. The molecule has 84 valence electrons. The Bertz CT molecular complexity index is 143. The molecule has 1 fully saturated rings. The van der Waals surface area contributed by atoms with Gasteiger partial charge in [-0.25, -0.2) is 0 Å². The van der Waals surface area contributed by atoms with Crippen LogP contribution in [0, 0.1) is 5.92 Å². The molecule has 0 unspecified atom stereocenters. The van der Waals surface area contributed by atoms with Gasteiger partial charge in [-0.2, -0.15) is 0 Å². The molecule has 0 atom stereocenters. The molecular formula is C12H26N2. The Balaban J connectivity index is 1.89. The molecule has 2 heteroatoms. The van der Waals surface area contributed by atoms with Crippen LogP contribution in [0.4, 0.5) is 0 Å². The monoisotopic (exact) mass is 198 g/mol. The predicted octanol–water partition coefficient (Wildman–Crippen LogP) is 2.15. The summed E-state index contributed by atoms with van der Waals surface area (Å²) in [5.74, 6) is 0.963.